The molecule has 8 heteroatoms. The van der Waals surface area contributed by atoms with Crippen LogP contribution >= 0.6 is 23.1 Å². The highest BCUT2D eigenvalue weighted by molar-refractivity contribution is 8.01. The average Bonchev–Trinajstić information content (AvgIpc) is 2.85. The first kappa shape index (κ1) is 11.9. The highest BCUT2D eigenvalue weighted by Crippen LogP contribution is 2.26. The van der Waals surface area contributed by atoms with Crippen molar-refractivity contribution in [3.63, 3.8) is 0 Å². The largest absolute Gasteiger partial charge is 0.375 e. The summed E-state index contributed by atoms with van der Waals surface area (Å²) < 4.78 is 5.78. The first-order chi connectivity index (χ1) is 8.13. The number of hydrogen-bond acceptors (Lipinski definition) is 7. The number of amides is 1. The molecule has 0 atom stereocenters. The van der Waals surface area contributed by atoms with E-state index in [4.69, 9.17) is 10.3 Å². The maximum absolute atomic E-state index is 11.5. The number of nitrogens with one attached hydrogen (secondary N) is 1. The van der Waals surface area contributed by atoms with Crippen molar-refractivity contribution in [1.82, 2.24) is 10.1 Å². The summed E-state index contributed by atoms with van der Waals surface area (Å²) in [5, 5.41) is 6.77. The molecular formula is C9H10N4O2S2. The van der Waals surface area contributed by atoms with Gasteiger partial charge in [0.25, 0.3) is 0 Å². The van der Waals surface area contributed by atoms with Gasteiger partial charge in [0.15, 0.2) is 5.13 Å². The summed E-state index contributed by atoms with van der Waals surface area (Å²) in [5.74, 6) is 0.483. The molecule has 0 saturated carbocycles. The number of hydrogen-bond donors (Lipinski definition) is 2. The molecule has 17 heavy (non-hydrogen) atoms. The van der Waals surface area contributed by atoms with Gasteiger partial charge in [-0.2, -0.15) is 0 Å². The van der Waals surface area contributed by atoms with E-state index in [0.29, 0.717) is 11.0 Å². The molecule has 2 aromatic heterocycles. The fourth-order valence-electron chi connectivity index (χ4n) is 1.07. The SMILES string of the molecule is Cc1cc(NC(=O)CSc2cnc(N)s2)on1. The number of thioether (sulfide) groups is 1. The zero-order valence-corrected chi connectivity index (χ0v) is 10.6. The van der Waals surface area contributed by atoms with Crippen molar-refractivity contribution in [2.45, 2.75) is 11.1 Å². The second-order valence-electron chi connectivity index (χ2n) is 3.19. The predicted molar refractivity (Wildman–Crippen MR) is 67.1 cm³/mol. The standard InChI is InChI=1S/C9H10N4O2S2/c1-5-2-7(15-13-5)12-6(14)4-16-8-3-11-9(10)17-8/h2-3H,4H2,1H3,(H2,10,11)(H,12,14). The third-order valence-electron chi connectivity index (χ3n) is 1.74. The van der Waals surface area contributed by atoms with Gasteiger partial charge in [-0.15, -0.1) is 11.8 Å². The van der Waals surface area contributed by atoms with Gasteiger partial charge in [-0.05, 0) is 6.92 Å². The summed E-state index contributed by atoms with van der Waals surface area (Å²) in [4.78, 5) is 15.4. The lowest BCUT2D eigenvalue weighted by molar-refractivity contribution is -0.113. The Morgan fingerprint density at radius 2 is 2.53 bits per heavy atom. The average molecular weight is 270 g/mol. The molecule has 0 saturated heterocycles. The summed E-state index contributed by atoms with van der Waals surface area (Å²) in [6.07, 6.45) is 1.65. The van der Waals surface area contributed by atoms with E-state index < -0.39 is 0 Å². The van der Waals surface area contributed by atoms with Crippen molar-refractivity contribution >= 4 is 40.0 Å². The third-order valence-corrected chi connectivity index (χ3v) is 3.76. The molecule has 2 heterocycles. The molecule has 1 amide bonds. The lowest BCUT2D eigenvalue weighted by Crippen LogP contribution is -2.13. The Bertz CT molecular complexity index is 523. The number of thiazole rings is 1. The maximum Gasteiger partial charge on any atom is 0.237 e. The second-order valence-corrected chi connectivity index (χ2v) is 5.52. The monoisotopic (exact) mass is 270 g/mol. The van der Waals surface area contributed by atoms with Gasteiger partial charge in [0, 0.05) is 6.07 Å². The lowest BCUT2D eigenvalue weighted by Gasteiger charge is -1.98. The van der Waals surface area contributed by atoms with Crippen molar-refractivity contribution in [1.29, 1.82) is 0 Å². The van der Waals surface area contributed by atoms with Crippen molar-refractivity contribution in [2.24, 2.45) is 0 Å². The number of carbonyl (C=O) groups excluding carboxylic acids is 1. The Kier molecular flexibility index (Phi) is 3.64. The summed E-state index contributed by atoms with van der Waals surface area (Å²) in [5.41, 5.74) is 6.21. The fraction of sp³-hybridized carbons (Fsp3) is 0.222. The van der Waals surface area contributed by atoms with Crippen molar-refractivity contribution in [3.8, 4) is 0 Å². The Morgan fingerprint density at radius 3 is 3.12 bits per heavy atom. The van der Waals surface area contributed by atoms with Gasteiger partial charge in [-0.3, -0.25) is 10.1 Å². The number of aromatic nitrogens is 2. The Labute approximate surface area is 106 Å². The van der Waals surface area contributed by atoms with Crippen LogP contribution < -0.4 is 11.1 Å². The van der Waals surface area contributed by atoms with Crippen LogP contribution in [-0.2, 0) is 4.79 Å². The van der Waals surface area contributed by atoms with Crippen LogP contribution in [0.4, 0.5) is 11.0 Å². The molecule has 0 unspecified atom stereocenters. The molecule has 0 spiro atoms. The van der Waals surface area contributed by atoms with Gasteiger partial charge in [0.1, 0.15) is 0 Å². The van der Waals surface area contributed by atoms with E-state index in [9.17, 15) is 4.79 Å². The van der Waals surface area contributed by atoms with Gasteiger partial charge in [-0.1, -0.05) is 16.5 Å². The van der Waals surface area contributed by atoms with Gasteiger partial charge in [-0.25, -0.2) is 4.98 Å². The van der Waals surface area contributed by atoms with Crippen LogP contribution in [0.15, 0.2) is 21.0 Å². The van der Waals surface area contributed by atoms with Crippen LogP contribution in [0.25, 0.3) is 0 Å². The molecule has 2 rings (SSSR count). The Morgan fingerprint density at radius 1 is 1.71 bits per heavy atom. The molecule has 6 nitrogen and oxygen atoms in total. The number of nitrogen functional groups attached to an aromatic ring is 1. The molecule has 0 fully saturated rings. The highest BCUT2D eigenvalue weighted by Gasteiger charge is 2.08. The summed E-state index contributed by atoms with van der Waals surface area (Å²) >= 11 is 2.73. The van der Waals surface area contributed by atoms with Crippen LogP contribution in [0.2, 0.25) is 0 Å². The lowest BCUT2D eigenvalue weighted by atomic mass is 10.5. The number of anilines is 2. The predicted octanol–water partition coefficient (Wildman–Crippen LogP) is 1.75. The van der Waals surface area contributed by atoms with E-state index in [1.54, 1.807) is 19.2 Å². The molecule has 3 N–H and O–H groups in total. The minimum Gasteiger partial charge on any atom is -0.375 e. The summed E-state index contributed by atoms with van der Waals surface area (Å²) in [6, 6.07) is 1.66. The van der Waals surface area contributed by atoms with E-state index in [1.165, 1.54) is 23.1 Å². The molecule has 0 aliphatic rings. The minimum absolute atomic E-state index is 0.155. The number of nitrogens with two attached hydrogens (primary N) is 1. The molecule has 0 aromatic carbocycles. The smallest absolute Gasteiger partial charge is 0.237 e. The van der Waals surface area contributed by atoms with Crippen molar-refractivity contribution in [3.05, 3.63) is 18.0 Å². The van der Waals surface area contributed by atoms with E-state index in [2.05, 4.69) is 15.5 Å². The molecule has 90 valence electrons. The molecule has 0 aliphatic heterocycles. The van der Waals surface area contributed by atoms with Crippen molar-refractivity contribution < 1.29 is 9.32 Å². The van der Waals surface area contributed by atoms with Gasteiger partial charge >= 0.3 is 0 Å². The maximum atomic E-state index is 11.5. The Hall–Kier alpha value is -1.54. The summed E-state index contributed by atoms with van der Waals surface area (Å²) in [7, 11) is 0. The number of nitrogens with zero attached hydrogens (tertiary/aromatic N) is 2. The fourth-order valence-corrected chi connectivity index (χ4v) is 2.63. The topological polar surface area (TPSA) is 94.0 Å². The zero-order chi connectivity index (χ0) is 12.3. The number of aryl methyl sites for hydroxylation is 1. The van der Waals surface area contributed by atoms with E-state index in [0.717, 1.165) is 9.90 Å². The van der Waals surface area contributed by atoms with Crippen molar-refractivity contribution in [2.75, 3.05) is 16.8 Å². The van der Waals surface area contributed by atoms with E-state index in [-0.39, 0.29) is 11.7 Å². The van der Waals surface area contributed by atoms with Crippen LogP contribution in [0.1, 0.15) is 5.69 Å². The second kappa shape index (κ2) is 5.19. The third kappa shape index (κ3) is 3.46. The summed E-state index contributed by atoms with van der Waals surface area (Å²) in [6.45, 7) is 1.79. The van der Waals surface area contributed by atoms with E-state index in [1.807, 2.05) is 0 Å². The van der Waals surface area contributed by atoms with Gasteiger partial charge < -0.3 is 10.3 Å². The molecule has 2 aromatic rings. The van der Waals surface area contributed by atoms with Crippen LogP contribution in [0, 0.1) is 6.92 Å². The number of carbonyl (C=O) groups is 1. The molecule has 0 radical (unpaired) electrons. The first-order valence-electron chi connectivity index (χ1n) is 4.71. The first-order valence-corrected chi connectivity index (χ1v) is 6.51. The number of rotatable bonds is 4. The van der Waals surface area contributed by atoms with Crippen LogP contribution in [-0.4, -0.2) is 21.8 Å². The van der Waals surface area contributed by atoms with E-state index >= 15 is 0 Å². The molecular weight excluding hydrogens is 260 g/mol. The van der Waals surface area contributed by atoms with Crippen LogP contribution in [0.5, 0.6) is 0 Å². The molecule has 0 aliphatic carbocycles. The van der Waals surface area contributed by atoms with Gasteiger partial charge in [0.05, 0.1) is 21.9 Å². The zero-order valence-electron chi connectivity index (χ0n) is 8.97. The molecule has 0 bridgehead atoms. The quantitative estimate of drug-likeness (QED) is 0.822. The highest BCUT2D eigenvalue weighted by atomic mass is 32.2. The van der Waals surface area contributed by atoms with Crippen LogP contribution in [0.3, 0.4) is 0 Å². The normalized spacial score (nSPS) is 10.4. The Balaban J connectivity index is 1.82. The minimum atomic E-state index is -0.155. The van der Waals surface area contributed by atoms with Gasteiger partial charge in [0.2, 0.25) is 11.8 Å².